The number of hydrogen-bond acceptors (Lipinski definition) is 4. The Morgan fingerprint density at radius 2 is 1.74 bits per heavy atom. The van der Waals surface area contributed by atoms with Crippen LogP contribution in [0.2, 0.25) is 0 Å². The summed E-state index contributed by atoms with van der Waals surface area (Å²) >= 11 is 0. The standard InChI is InChI=1S/C17H20N2O3S/c1-12(13-4-7-17(8-5-13)23(20,21)18-2)19-16-6-3-14-10-22-11-15(14)9-16/h3-9,12,18-19H,10-11H2,1-2H3/t12-/m1/s1. The van der Waals surface area contributed by atoms with Crippen LogP contribution in [0.4, 0.5) is 5.69 Å². The summed E-state index contributed by atoms with van der Waals surface area (Å²) in [4.78, 5) is 0.269. The lowest BCUT2D eigenvalue weighted by molar-refractivity contribution is 0.134. The van der Waals surface area contributed by atoms with E-state index in [0.717, 1.165) is 11.3 Å². The van der Waals surface area contributed by atoms with Gasteiger partial charge in [-0.05, 0) is 54.9 Å². The maximum Gasteiger partial charge on any atom is 0.240 e. The Balaban J connectivity index is 1.74. The number of ether oxygens (including phenoxy) is 1. The van der Waals surface area contributed by atoms with Gasteiger partial charge in [0.15, 0.2) is 0 Å². The molecule has 2 aromatic carbocycles. The molecule has 1 aliphatic rings. The van der Waals surface area contributed by atoms with Crippen LogP contribution >= 0.6 is 0 Å². The van der Waals surface area contributed by atoms with Gasteiger partial charge >= 0.3 is 0 Å². The monoisotopic (exact) mass is 332 g/mol. The van der Waals surface area contributed by atoms with Crippen molar-refractivity contribution in [3.8, 4) is 0 Å². The van der Waals surface area contributed by atoms with Gasteiger partial charge in [0.2, 0.25) is 10.0 Å². The fourth-order valence-electron chi connectivity index (χ4n) is 2.65. The third-order valence-electron chi connectivity index (χ3n) is 4.06. The van der Waals surface area contributed by atoms with E-state index in [2.05, 4.69) is 22.2 Å². The lowest BCUT2D eigenvalue weighted by atomic mass is 10.1. The maximum atomic E-state index is 11.7. The first-order chi connectivity index (χ1) is 11.0. The Kier molecular flexibility index (Phi) is 4.39. The second-order valence-corrected chi connectivity index (χ2v) is 7.51. The number of sulfonamides is 1. The van der Waals surface area contributed by atoms with Crippen LogP contribution in [0, 0.1) is 0 Å². The summed E-state index contributed by atoms with van der Waals surface area (Å²) in [5, 5.41) is 3.44. The van der Waals surface area contributed by atoms with Crippen molar-refractivity contribution >= 4 is 15.7 Å². The van der Waals surface area contributed by atoms with E-state index in [1.165, 1.54) is 18.2 Å². The molecule has 5 nitrogen and oxygen atoms in total. The molecule has 1 atom stereocenters. The van der Waals surface area contributed by atoms with Crippen molar-refractivity contribution in [2.75, 3.05) is 12.4 Å². The van der Waals surface area contributed by atoms with E-state index in [9.17, 15) is 8.42 Å². The average molecular weight is 332 g/mol. The van der Waals surface area contributed by atoms with Crippen LogP contribution in [-0.4, -0.2) is 15.5 Å². The Morgan fingerprint density at radius 3 is 2.43 bits per heavy atom. The molecule has 0 fully saturated rings. The summed E-state index contributed by atoms with van der Waals surface area (Å²) in [7, 11) is -1.98. The summed E-state index contributed by atoms with van der Waals surface area (Å²) in [5.41, 5.74) is 4.52. The van der Waals surface area contributed by atoms with Gasteiger partial charge in [0.25, 0.3) is 0 Å². The summed E-state index contributed by atoms with van der Waals surface area (Å²) in [6, 6.07) is 13.2. The van der Waals surface area contributed by atoms with Gasteiger partial charge in [0, 0.05) is 11.7 Å². The van der Waals surface area contributed by atoms with E-state index in [1.54, 1.807) is 12.1 Å². The van der Waals surface area contributed by atoms with Gasteiger partial charge in [-0.25, -0.2) is 13.1 Å². The second kappa shape index (κ2) is 6.31. The van der Waals surface area contributed by atoms with Crippen LogP contribution in [0.1, 0.15) is 29.7 Å². The summed E-state index contributed by atoms with van der Waals surface area (Å²) in [6.45, 7) is 3.40. The van der Waals surface area contributed by atoms with Crippen LogP contribution in [0.15, 0.2) is 47.4 Å². The lowest BCUT2D eigenvalue weighted by Crippen LogP contribution is -2.18. The van der Waals surface area contributed by atoms with Crippen molar-refractivity contribution in [2.24, 2.45) is 0 Å². The molecular weight excluding hydrogens is 312 g/mol. The molecule has 122 valence electrons. The predicted molar refractivity (Wildman–Crippen MR) is 89.7 cm³/mol. The predicted octanol–water partition coefficient (Wildman–Crippen LogP) is 2.80. The Morgan fingerprint density at radius 1 is 1.04 bits per heavy atom. The van der Waals surface area contributed by atoms with Crippen LogP contribution in [0.3, 0.4) is 0 Å². The SMILES string of the molecule is CNS(=O)(=O)c1ccc([C@@H](C)Nc2ccc3c(c2)COC3)cc1. The first-order valence-electron chi connectivity index (χ1n) is 7.49. The normalized spacial score (nSPS) is 15.2. The minimum Gasteiger partial charge on any atom is -0.379 e. The van der Waals surface area contributed by atoms with Gasteiger partial charge < -0.3 is 10.1 Å². The van der Waals surface area contributed by atoms with Gasteiger partial charge in [-0.3, -0.25) is 0 Å². The zero-order valence-corrected chi connectivity index (χ0v) is 14.0. The van der Waals surface area contributed by atoms with Crippen molar-refractivity contribution in [1.82, 2.24) is 4.72 Å². The molecular formula is C17H20N2O3S. The van der Waals surface area contributed by atoms with Gasteiger partial charge in [-0.2, -0.15) is 0 Å². The first kappa shape index (κ1) is 16.0. The van der Waals surface area contributed by atoms with E-state index in [0.29, 0.717) is 13.2 Å². The third kappa shape index (κ3) is 3.39. The Labute approximate surface area is 136 Å². The number of rotatable bonds is 5. The molecule has 3 rings (SSSR count). The van der Waals surface area contributed by atoms with Crippen molar-refractivity contribution in [2.45, 2.75) is 31.1 Å². The molecule has 0 amide bonds. The highest BCUT2D eigenvalue weighted by atomic mass is 32.2. The van der Waals surface area contributed by atoms with Crippen molar-refractivity contribution in [1.29, 1.82) is 0 Å². The van der Waals surface area contributed by atoms with E-state index in [4.69, 9.17) is 4.74 Å². The summed E-state index contributed by atoms with van der Waals surface area (Å²) < 4.78 is 31.2. The molecule has 6 heteroatoms. The minimum atomic E-state index is -3.39. The number of hydrogen-bond donors (Lipinski definition) is 2. The Hall–Kier alpha value is -1.89. The van der Waals surface area contributed by atoms with Crippen LogP contribution in [0.25, 0.3) is 0 Å². The number of fused-ring (bicyclic) bond motifs is 1. The fourth-order valence-corrected chi connectivity index (χ4v) is 3.38. The van der Waals surface area contributed by atoms with E-state index in [1.807, 2.05) is 25.1 Å². The van der Waals surface area contributed by atoms with E-state index < -0.39 is 10.0 Å². The molecule has 0 saturated carbocycles. The van der Waals surface area contributed by atoms with Gasteiger partial charge in [0.05, 0.1) is 18.1 Å². The van der Waals surface area contributed by atoms with E-state index >= 15 is 0 Å². The minimum absolute atomic E-state index is 0.0710. The summed E-state index contributed by atoms with van der Waals surface area (Å²) in [6.07, 6.45) is 0. The maximum absolute atomic E-state index is 11.7. The van der Waals surface area contributed by atoms with Crippen molar-refractivity contribution in [3.05, 3.63) is 59.2 Å². The van der Waals surface area contributed by atoms with Gasteiger partial charge in [-0.15, -0.1) is 0 Å². The highest BCUT2D eigenvalue weighted by molar-refractivity contribution is 7.89. The summed E-state index contributed by atoms with van der Waals surface area (Å²) in [5.74, 6) is 0. The highest BCUT2D eigenvalue weighted by Gasteiger charge is 2.14. The molecule has 1 aliphatic heterocycles. The molecule has 0 spiro atoms. The van der Waals surface area contributed by atoms with Crippen LogP contribution in [0.5, 0.6) is 0 Å². The topological polar surface area (TPSA) is 67.4 Å². The molecule has 0 saturated heterocycles. The molecule has 2 aromatic rings. The molecule has 0 unspecified atom stereocenters. The largest absolute Gasteiger partial charge is 0.379 e. The molecule has 1 heterocycles. The molecule has 0 radical (unpaired) electrons. The van der Waals surface area contributed by atoms with Gasteiger partial charge in [0.1, 0.15) is 0 Å². The lowest BCUT2D eigenvalue weighted by Gasteiger charge is -2.17. The van der Waals surface area contributed by atoms with Gasteiger partial charge in [-0.1, -0.05) is 18.2 Å². The smallest absolute Gasteiger partial charge is 0.240 e. The zero-order chi connectivity index (χ0) is 16.4. The number of nitrogens with one attached hydrogen (secondary N) is 2. The average Bonchev–Trinajstić information content (AvgIpc) is 3.02. The first-order valence-corrected chi connectivity index (χ1v) is 8.97. The number of benzene rings is 2. The van der Waals surface area contributed by atoms with Crippen molar-refractivity contribution in [3.63, 3.8) is 0 Å². The quantitative estimate of drug-likeness (QED) is 0.883. The Bertz CT molecular complexity index is 801. The van der Waals surface area contributed by atoms with E-state index in [-0.39, 0.29) is 10.9 Å². The van der Waals surface area contributed by atoms with Crippen LogP contribution < -0.4 is 10.0 Å². The third-order valence-corrected chi connectivity index (χ3v) is 5.49. The molecule has 0 bridgehead atoms. The molecule has 0 aliphatic carbocycles. The zero-order valence-electron chi connectivity index (χ0n) is 13.2. The molecule has 0 aromatic heterocycles. The second-order valence-electron chi connectivity index (χ2n) is 5.62. The highest BCUT2D eigenvalue weighted by Crippen LogP contribution is 2.26. The fraction of sp³-hybridized carbons (Fsp3) is 0.294. The molecule has 2 N–H and O–H groups in total. The molecule has 23 heavy (non-hydrogen) atoms. The van der Waals surface area contributed by atoms with Crippen LogP contribution in [-0.2, 0) is 28.0 Å². The van der Waals surface area contributed by atoms with Crippen molar-refractivity contribution < 1.29 is 13.2 Å². The number of anilines is 1.